The Morgan fingerprint density at radius 1 is 0.773 bits per heavy atom. The van der Waals surface area contributed by atoms with Crippen molar-refractivity contribution in [1.82, 2.24) is 12.3 Å². The standard InChI is InChI=1S/C18H32O2.2H3N/c1-2-3-4-5-6-7-8-9-10-11-12-13-14-15-16-17-18(19)20;;/h6-7,9-10H,2-5,8,11-17H2,1H3,(H,19,20);2*1H3/b7-6-,10-9-;;. The maximum atomic E-state index is 10.3. The smallest absolute Gasteiger partial charge is 0.303 e. The fourth-order valence-electron chi connectivity index (χ4n) is 2.09. The summed E-state index contributed by atoms with van der Waals surface area (Å²) in [6.45, 7) is 2.23. The van der Waals surface area contributed by atoms with Gasteiger partial charge in [0, 0.05) is 6.42 Å². The normalized spacial score (nSPS) is 10.6. The molecule has 0 spiro atoms. The Hall–Kier alpha value is -1.13. The van der Waals surface area contributed by atoms with E-state index in [9.17, 15) is 4.79 Å². The maximum Gasteiger partial charge on any atom is 0.303 e. The van der Waals surface area contributed by atoms with Crippen molar-refractivity contribution in [2.24, 2.45) is 0 Å². The monoisotopic (exact) mass is 314 g/mol. The maximum absolute atomic E-state index is 10.3. The van der Waals surface area contributed by atoms with Gasteiger partial charge in [-0.15, -0.1) is 0 Å². The predicted octanol–water partition coefficient (Wildman–Crippen LogP) is 6.21. The van der Waals surface area contributed by atoms with Crippen LogP contribution in [0.25, 0.3) is 0 Å². The van der Waals surface area contributed by atoms with Crippen LogP contribution in [0.15, 0.2) is 24.3 Å². The highest BCUT2D eigenvalue weighted by Gasteiger charge is 1.95. The van der Waals surface area contributed by atoms with Crippen LogP contribution in [0.1, 0.15) is 84.0 Å². The molecule has 0 aromatic heterocycles. The third-order valence-corrected chi connectivity index (χ3v) is 3.34. The zero-order valence-corrected chi connectivity index (χ0v) is 14.6. The first-order valence-corrected chi connectivity index (χ1v) is 8.29. The van der Waals surface area contributed by atoms with Gasteiger partial charge in [0.2, 0.25) is 0 Å². The van der Waals surface area contributed by atoms with Crippen molar-refractivity contribution in [3.63, 3.8) is 0 Å². The summed E-state index contributed by atoms with van der Waals surface area (Å²) in [5.74, 6) is -0.671. The lowest BCUT2D eigenvalue weighted by Crippen LogP contribution is -1.93. The van der Waals surface area contributed by atoms with Crippen molar-refractivity contribution >= 4 is 5.97 Å². The molecule has 0 amide bonds. The van der Waals surface area contributed by atoms with Crippen LogP contribution in [0.3, 0.4) is 0 Å². The van der Waals surface area contributed by atoms with E-state index in [0.29, 0.717) is 6.42 Å². The lowest BCUT2D eigenvalue weighted by atomic mass is 10.1. The first-order valence-electron chi connectivity index (χ1n) is 8.29. The number of allylic oxidation sites excluding steroid dienone is 4. The Morgan fingerprint density at radius 3 is 1.82 bits per heavy atom. The minimum absolute atomic E-state index is 0. The number of rotatable bonds is 14. The molecule has 0 aliphatic heterocycles. The minimum Gasteiger partial charge on any atom is -0.481 e. The van der Waals surface area contributed by atoms with E-state index in [1.165, 1.54) is 44.9 Å². The number of aliphatic carboxylic acids is 1. The largest absolute Gasteiger partial charge is 0.481 e. The molecule has 0 saturated heterocycles. The van der Waals surface area contributed by atoms with Crippen LogP contribution in [0, 0.1) is 0 Å². The predicted molar refractivity (Wildman–Crippen MR) is 97.0 cm³/mol. The molecule has 0 atom stereocenters. The van der Waals surface area contributed by atoms with Gasteiger partial charge < -0.3 is 17.4 Å². The van der Waals surface area contributed by atoms with Crippen molar-refractivity contribution in [1.29, 1.82) is 0 Å². The van der Waals surface area contributed by atoms with Crippen LogP contribution >= 0.6 is 0 Å². The average molecular weight is 315 g/mol. The number of carboxylic acid groups (broad SMARTS) is 1. The molecule has 0 aromatic rings. The number of carboxylic acids is 1. The second kappa shape index (κ2) is 22.2. The van der Waals surface area contributed by atoms with Crippen LogP contribution in [0.4, 0.5) is 0 Å². The van der Waals surface area contributed by atoms with Gasteiger partial charge in [-0.2, -0.15) is 0 Å². The molecule has 0 heterocycles. The van der Waals surface area contributed by atoms with Crippen molar-refractivity contribution in [2.75, 3.05) is 0 Å². The third kappa shape index (κ3) is 23.9. The fourth-order valence-corrected chi connectivity index (χ4v) is 2.09. The lowest BCUT2D eigenvalue weighted by molar-refractivity contribution is -0.137. The molecule has 132 valence electrons. The molecule has 0 saturated carbocycles. The van der Waals surface area contributed by atoms with Crippen molar-refractivity contribution in [3.05, 3.63) is 24.3 Å². The summed E-state index contributed by atoms with van der Waals surface area (Å²) < 4.78 is 0. The summed E-state index contributed by atoms with van der Waals surface area (Å²) in [4.78, 5) is 10.3. The van der Waals surface area contributed by atoms with Crippen LogP contribution in [0.5, 0.6) is 0 Å². The second-order valence-corrected chi connectivity index (χ2v) is 5.37. The van der Waals surface area contributed by atoms with Crippen LogP contribution < -0.4 is 12.3 Å². The first-order chi connectivity index (χ1) is 9.77. The molecule has 0 bridgehead atoms. The Bertz CT molecular complexity index is 276. The molecular weight excluding hydrogens is 276 g/mol. The van der Waals surface area contributed by atoms with E-state index in [2.05, 4.69) is 31.2 Å². The summed E-state index contributed by atoms with van der Waals surface area (Å²) in [7, 11) is 0. The lowest BCUT2D eigenvalue weighted by Gasteiger charge is -1.98. The molecule has 0 rings (SSSR count). The van der Waals surface area contributed by atoms with Gasteiger partial charge in [0.1, 0.15) is 0 Å². The molecule has 7 N–H and O–H groups in total. The van der Waals surface area contributed by atoms with E-state index in [1.807, 2.05) is 0 Å². The number of hydrogen-bond acceptors (Lipinski definition) is 3. The highest BCUT2D eigenvalue weighted by Crippen LogP contribution is 2.08. The molecule has 22 heavy (non-hydrogen) atoms. The van der Waals surface area contributed by atoms with E-state index < -0.39 is 5.97 Å². The average Bonchev–Trinajstić information content (AvgIpc) is 2.43. The zero-order chi connectivity index (χ0) is 14.9. The molecule has 4 nitrogen and oxygen atoms in total. The summed E-state index contributed by atoms with van der Waals surface area (Å²) >= 11 is 0. The number of unbranched alkanes of at least 4 members (excludes halogenated alkanes) is 8. The van der Waals surface area contributed by atoms with E-state index >= 15 is 0 Å². The molecule has 0 aliphatic carbocycles. The summed E-state index contributed by atoms with van der Waals surface area (Å²) in [5.41, 5.74) is 0. The van der Waals surface area contributed by atoms with E-state index in [-0.39, 0.29) is 12.3 Å². The molecule has 0 radical (unpaired) electrons. The molecule has 0 aliphatic rings. The van der Waals surface area contributed by atoms with Gasteiger partial charge in [0.15, 0.2) is 0 Å². The van der Waals surface area contributed by atoms with Gasteiger partial charge in [0.25, 0.3) is 0 Å². The second-order valence-electron chi connectivity index (χ2n) is 5.37. The quantitative estimate of drug-likeness (QED) is 0.261. The van der Waals surface area contributed by atoms with Gasteiger partial charge in [-0.05, 0) is 38.5 Å². The van der Waals surface area contributed by atoms with Gasteiger partial charge in [-0.3, -0.25) is 4.79 Å². The molecule has 0 fully saturated rings. The van der Waals surface area contributed by atoms with Crippen molar-refractivity contribution in [2.45, 2.75) is 84.0 Å². The van der Waals surface area contributed by atoms with Gasteiger partial charge in [0.05, 0.1) is 0 Å². The number of carbonyl (C=O) groups is 1. The molecule has 4 heteroatoms. The molecular formula is C18H38N2O2. The van der Waals surface area contributed by atoms with Crippen molar-refractivity contribution < 1.29 is 9.90 Å². The highest BCUT2D eigenvalue weighted by molar-refractivity contribution is 5.66. The number of hydrogen-bond donors (Lipinski definition) is 3. The van der Waals surface area contributed by atoms with Gasteiger partial charge >= 0.3 is 5.97 Å². The molecule has 0 aromatic carbocycles. The Labute approximate surface area is 137 Å². The first kappa shape index (κ1) is 25.8. The van der Waals surface area contributed by atoms with E-state index in [0.717, 1.165) is 25.7 Å². The summed E-state index contributed by atoms with van der Waals surface area (Å²) in [5, 5.41) is 8.50. The van der Waals surface area contributed by atoms with E-state index in [4.69, 9.17) is 5.11 Å². The Morgan fingerprint density at radius 2 is 1.27 bits per heavy atom. The van der Waals surface area contributed by atoms with Crippen LogP contribution in [-0.4, -0.2) is 11.1 Å². The minimum atomic E-state index is -0.671. The van der Waals surface area contributed by atoms with Crippen molar-refractivity contribution in [3.8, 4) is 0 Å². The third-order valence-electron chi connectivity index (χ3n) is 3.34. The summed E-state index contributed by atoms with van der Waals surface area (Å²) in [6, 6.07) is 0. The fraction of sp³-hybridized carbons (Fsp3) is 0.722. The van der Waals surface area contributed by atoms with Crippen LogP contribution in [0.2, 0.25) is 0 Å². The molecule has 0 unspecified atom stereocenters. The van der Waals surface area contributed by atoms with Crippen LogP contribution in [-0.2, 0) is 4.79 Å². The Kier molecular flexibility index (Phi) is 26.0. The Balaban J connectivity index is -0.00000180. The van der Waals surface area contributed by atoms with Gasteiger partial charge in [-0.1, -0.05) is 63.3 Å². The topological polar surface area (TPSA) is 107 Å². The zero-order valence-electron chi connectivity index (χ0n) is 14.6. The van der Waals surface area contributed by atoms with Gasteiger partial charge in [-0.25, -0.2) is 0 Å². The van der Waals surface area contributed by atoms with E-state index in [1.54, 1.807) is 0 Å². The summed E-state index contributed by atoms with van der Waals surface area (Å²) in [6.07, 6.45) is 22.3. The SMILES string of the molecule is CCCCC/C=C\C/C=C\CCCCCCCC(=O)O.N.N. The highest BCUT2D eigenvalue weighted by atomic mass is 16.4.